The first-order chi connectivity index (χ1) is 13.5. The van der Waals surface area contributed by atoms with Crippen LogP contribution < -0.4 is 19.5 Å². The molecule has 0 unspecified atom stereocenters. The van der Waals surface area contributed by atoms with Crippen molar-refractivity contribution in [2.24, 2.45) is 0 Å². The third-order valence-corrected chi connectivity index (χ3v) is 3.75. The first kappa shape index (κ1) is 21.2. The van der Waals surface area contributed by atoms with Crippen LogP contribution in [-0.4, -0.2) is 38.1 Å². The van der Waals surface area contributed by atoms with Crippen LogP contribution in [0.2, 0.25) is 0 Å². The summed E-state index contributed by atoms with van der Waals surface area (Å²) >= 11 is 0. The molecule has 0 aliphatic rings. The Balaban J connectivity index is 2.18. The van der Waals surface area contributed by atoms with Crippen molar-refractivity contribution >= 4 is 11.7 Å². The van der Waals surface area contributed by atoms with Crippen molar-refractivity contribution in [3.63, 3.8) is 0 Å². The molecule has 2 rings (SSSR count). The van der Waals surface area contributed by atoms with Crippen LogP contribution in [0.25, 0.3) is 0 Å². The molecule has 1 N–H and O–H groups in total. The normalized spacial score (nSPS) is 10.3. The number of hydrogen-bond acceptors (Lipinski definition) is 5. The second-order valence-electron chi connectivity index (χ2n) is 5.71. The van der Waals surface area contributed by atoms with Crippen LogP contribution in [0.1, 0.15) is 41.5 Å². The predicted octanol–water partition coefficient (Wildman–Crippen LogP) is 3.63. The van der Waals surface area contributed by atoms with Crippen LogP contribution in [0.15, 0.2) is 36.4 Å². The van der Waals surface area contributed by atoms with Crippen LogP contribution in [0, 0.1) is 5.82 Å². The Kier molecular flexibility index (Phi) is 7.80. The molecule has 1 amide bonds. The van der Waals surface area contributed by atoms with Crippen molar-refractivity contribution in [2.45, 2.75) is 20.8 Å². The predicted molar refractivity (Wildman–Crippen MR) is 103 cm³/mol. The van der Waals surface area contributed by atoms with E-state index in [1.54, 1.807) is 12.1 Å². The Morgan fingerprint density at radius 2 is 1.39 bits per heavy atom. The summed E-state index contributed by atoms with van der Waals surface area (Å²) in [5.74, 6) is 0.0115. The molecule has 7 heteroatoms. The monoisotopic (exact) mass is 389 g/mol. The summed E-state index contributed by atoms with van der Waals surface area (Å²) in [7, 11) is 0. The summed E-state index contributed by atoms with van der Waals surface area (Å²) in [6.07, 6.45) is 0. The molecule has 0 saturated carbocycles. The Morgan fingerprint density at radius 1 is 0.857 bits per heavy atom. The topological polar surface area (TPSA) is 73.9 Å². The zero-order valence-corrected chi connectivity index (χ0v) is 16.2. The van der Waals surface area contributed by atoms with Gasteiger partial charge >= 0.3 is 0 Å². The SMILES string of the molecule is CCOc1cc(C(=O)NCC(=O)c2ccc(F)cc2)cc(OCC)c1OCC. The second-order valence-corrected chi connectivity index (χ2v) is 5.71. The summed E-state index contributed by atoms with van der Waals surface area (Å²) in [6, 6.07) is 8.25. The molecule has 0 saturated heterocycles. The number of Topliss-reactive ketones (excluding diaryl/α,β-unsaturated/α-hetero) is 1. The quantitative estimate of drug-likeness (QED) is 0.628. The van der Waals surface area contributed by atoms with E-state index >= 15 is 0 Å². The van der Waals surface area contributed by atoms with E-state index in [0.29, 0.717) is 42.6 Å². The number of amides is 1. The van der Waals surface area contributed by atoms with Crippen LogP contribution in [0.4, 0.5) is 4.39 Å². The summed E-state index contributed by atoms with van der Waals surface area (Å²) in [5.41, 5.74) is 0.598. The number of ether oxygens (including phenoxy) is 3. The fourth-order valence-corrected chi connectivity index (χ4v) is 2.52. The summed E-state index contributed by atoms with van der Waals surface area (Å²) < 4.78 is 29.7. The minimum atomic E-state index is -0.458. The fraction of sp³-hybridized carbons (Fsp3) is 0.333. The highest BCUT2D eigenvalue weighted by Crippen LogP contribution is 2.39. The first-order valence-electron chi connectivity index (χ1n) is 9.13. The average molecular weight is 389 g/mol. The molecule has 0 atom stereocenters. The van der Waals surface area contributed by atoms with Gasteiger partial charge in [-0.05, 0) is 57.2 Å². The third-order valence-electron chi connectivity index (χ3n) is 3.75. The van der Waals surface area contributed by atoms with Crippen molar-refractivity contribution in [1.82, 2.24) is 5.32 Å². The molecule has 6 nitrogen and oxygen atoms in total. The summed E-state index contributed by atoms with van der Waals surface area (Å²) in [4.78, 5) is 24.7. The zero-order valence-electron chi connectivity index (χ0n) is 16.2. The molecule has 0 heterocycles. The van der Waals surface area contributed by atoms with Crippen LogP contribution >= 0.6 is 0 Å². The molecule has 0 aromatic heterocycles. The molecule has 28 heavy (non-hydrogen) atoms. The standard InChI is InChI=1S/C21H24FNO5/c1-4-26-18-11-15(12-19(27-5-2)20(18)28-6-3)21(25)23-13-17(24)14-7-9-16(22)10-8-14/h7-12H,4-6,13H2,1-3H3,(H,23,25). The number of rotatable bonds is 10. The highest BCUT2D eigenvalue weighted by atomic mass is 19.1. The van der Waals surface area contributed by atoms with Gasteiger partial charge in [0.05, 0.1) is 26.4 Å². The van der Waals surface area contributed by atoms with Gasteiger partial charge in [0.2, 0.25) is 5.75 Å². The molecule has 0 radical (unpaired) electrons. The van der Waals surface area contributed by atoms with E-state index in [9.17, 15) is 14.0 Å². The molecule has 0 aliphatic carbocycles. The number of carbonyl (C=O) groups excluding carboxylic acids is 2. The largest absolute Gasteiger partial charge is 0.490 e. The van der Waals surface area contributed by atoms with Gasteiger partial charge in [-0.15, -0.1) is 0 Å². The Labute approximate surface area is 163 Å². The van der Waals surface area contributed by atoms with Gasteiger partial charge in [-0.2, -0.15) is 0 Å². The molecule has 2 aromatic rings. The maximum Gasteiger partial charge on any atom is 0.251 e. The number of carbonyl (C=O) groups is 2. The van der Waals surface area contributed by atoms with Crippen LogP contribution in [0.5, 0.6) is 17.2 Å². The summed E-state index contributed by atoms with van der Waals surface area (Å²) in [6.45, 7) is 6.46. The molecule has 2 aromatic carbocycles. The number of halogens is 1. The van der Waals surface area contributed by atoms with Crippen molar-refractivity contribution in [3.8, 4) is 17.2 Å². The lowest BCUT2D eigenvalue weighted by molar-refractivity contribution is 0.0903. The maximum atomic E-state index is 13.0. The lowest BCUT2D eigenvalue weighted by Gasteiger charge is -2.17. The van der Waals surface area contributed by atoms with Gasteiger partial charge in [-0.1, -0.05) is 0 Å². The van der Waals surface area contributed by atoms with E-state index in [-0.39, 0.29) is 17.9 Å². The molecule has 150 valence electrons. The van der Waals surface area contributed by atoms with Crippen LogP contribution in [-0.2, 0) is 0 Å². The highest BCUT2D eigenvalue weighted by molar-refractivity contribution is 6.02. The smallest absolute Gasteiger partial charge is 0.251 e. The van der Waals surface area contributed by atoms with Gasteiger partial charge in [-0.3, -0.25) is 9.59 Å². The van der Waals surface area contributed by atoms with E-state index in [0.717, 1.165) is 0 Å². The fourth-order valence-electron chi connectivity index (χ4n) is 2.52. The molecular weight excluding hydrogens is 365 g/mol. The van der Waals surface area contributed by atoms with Gasteiger partial charge < -0.3 is 19.5 Å². The minimum absolute atomic E-state index is 0.217. The molecular formula is C21H24FNO5. The van der Waals surface area contributed by atoms with Crippen molar-refractivity contribution < 1.29 is 28.2 Å². The van der Waals surface area contributed by atoms with E-state index in [1.165, 1.54) is 24.3 Å². The molecule has 0 spiro atoms. The Morgan fingerprint density at radius 3 is 1.89 bits per heavy atom. The van der Waals surface area contributed by atoms with Gasteiger partial charge in [0.1, 0.15) is 5.82 Å². The van der Waals surface area contributed by atoms with Crippen molar-refractivity contribution in [1.29, 1.82) is 0 Å². The third kappa shape index (κ3) is 5.45. The minimum Gasteiger partial charge on any atom is -0.490 e. The molecule has 0 bridgehead atoms. The van der Waals surface area contributed by atoms with Crippen molar-refractivity contribution in [2.75, 3.05) is 26.4 Å². The number of benzene rings is 2. The zero-order chi connectivity index (χ0) is 20.5. The average Bonchev–Trinajstić information content (AvgIpc) is 2.69. The van der Waals surface area contributed by atoms with E-state index in [1.807, 2.05) is 20.8 Å². The number of nitrogens with one attached hydrogen (secondary N) is 1. The Bertz CT molecular complexity index is 793. The Hall–Kier alpha value is -3.09. The molecule has 0 fully saturated rings. The summed E-state index contributed by atoms with van der Waals surface area (Å²) in [5, 5.41) is 2.57. The van der Waals surface area contributed by atoms with E-state index in [2.05, 4.69) is 5.32 Å². The van der Waals surface area contributed by atoms with Gasteiger partial charge in [0, 0.05) is 11.1 Å². The maximum absolute atomic E-state index is 13.0. The second kappa shape index (κ2) is 10.3. The number of hydrogen-bond donors (Lipinski definition) is 1. The van der Waals surface area contributed by atoms with E-state index < -0.39 is 11.7 Å². The van der Waals surface area contributed by atoms with Crippen LogP contribution in [0.3, 0.4) is 0 Å². The highest BCUT2D eigenvalue weighted by Gasteiger charge is 2.19. The number of ketones is 1. The lowest BCUT2D eigenvalue weighted by Crippen LogP contribution is -2.29. The van der Waals surface area contributed by atoms with Gasteiger partial charge in [0.15, 0.2) is 17.3 Å². The van der Waals surface area contributed by atoms with Gasteiger partial charge in [-0.25, -0.2) is 4.39 Å². The van der Waals surface area contributed by atoms with Crippen molar-refractivity contribution in [3.05, 3.63) is 53.3 Å². The first-order valence-corrected chi connectivity index (χ1v) is 9.13. The molecule has 0 aliphatic heterocycles. The van der Waals surface area contributed by atoms with E-state index in [4.69, 9.17) is 14.2 Å². The lowest BCUT2D eigenvalue weighted by atomic mass is 10.1. The van der Waals surface area contributed by atoms with Gasteiger partial charge in [0.25, 0.3) is 5.91 Å².